The maximum atomic E-state index is 13.1. The number of aryl methyl sites for hydroxylation is 1. The molecular formula is C29H39ClN6O6. The van der Waals surface area contributed by atoms with Gasteiger partial charge in [0.25, 0.3) is 11.8 Å². The molecule has 1 aromatic heterocycles. The van der Waals surface area contributed by atoms with Gasteiger partial charge in [0.15, 0.2) is 12.3 Å². The first kappa shape index (κ1) is 31.3. The van der Waals surface area contributed by atoms with Crippen LogP contribution in [0.15, 0.2) is 24.3 Å². The van der Waals surface area contributed by atoms with Crippen LogP contribution in [0.5, 0.6) is 5.75 Å². The lowest BCUT2D eigenvalue weighted by molar-refractivity contribution is -0.137. The summed E-state index contributed by atoms with van der Waals surface area (Å²) in [6.45, 7) is 1.31. The van der Waals surface area contributed by atoms with Crippen LogP contribution in [0.4, 0.5) is 0 Å². The maximum absolute atomic E-state index is 13.1. The average Bonchev–Trinajstić information content (AvgIpc) is 3.30. The van der Waals surface area contributed by atoms with Crippen molar-refractivity contribution >= 4 is 35.2 Å². The number of hydrogen-bond acceptors (Lipinski definition) is 7. The summed E-state index contributed by atoms with van der Waals surface area (Å²) in [6.07, 6.45) is 2.96. The quantitative estimate of drug-likeness (QED) is 0.509. The van der Waals surface area contributed by atoms with E-state index in [0.29, 0.717) is 68.4 Å². The molecule has 0 radical (unpaired) electrons. The van der Waals surface area contributed by atoms with E-state index in [-0.39, 0.29) is 55.8 Å². The van der Waals surface area contributed by atoms with Crippen molar-refractivity contribution in [2.75, 3.05) is 53.0 Å². The number of halogens is 1. The number of aromatic nitrogens is 2. The van der Waals surface area contributed by atoms with E-state index in [2.05, 4.69) is 15.7 Å². The first-order valence-corrected chi connectivity index (χ1v) is 14.7. The molecule has 1 aliphatic carbocycles. The lowest BCUT2D eigenvalue weighted by Gasteiger charge is -2.27. The minimum Gasteiger partial charge on any atom is -0.484 e. The summed E-state index contributed by atoms with van der Waals surface area (Å²) in [5, 5.41) is 10.9. The highest BCUT2D eigenvalue weighted by molar-refractivity contribution is 6.30. The molecule has 2 N–H and O–H groups in total. The number of rotatable bonds is 6. The zero-order valence-electron chi connectivity index (χ0n) is 24.2. The fourth-order valence-electron chi connectivity index (χ4n) is 5.32. The molecule has 12 nitrogen and oxygen atoms in total. The predicted octanol–water partition coefficient (Wildman–Crippen LogP) is 1.34. The molecule has 2 aromatic rings. The van der Waals surface area contributed by atoms with Crippen LogP contribution in [0.1, 0.15) is 47.4 Å². The van der Waals surface area contributed by atoms with Crippen LogP contribution in [0.3, 0.4) is 0 Å². The highest BCUT2D eigenvalue weighted by atomic mass is 35.5. The van der Waals surface area contributed by atoms with Crippen LogP contribution in [-0.2, 0) is 39.0 Å². The average molecular weight is 603 g/mol. The SMILES string of the molecule is COCCN1CC(=O)NC2CCc3c(c(nn3C)C(=O)NCCCN(C(=O)COc3cccc(Cl)c3)CCCC1=O)C2. The van der Waals surface area contributed by atoms with Crippen molar-refractivity contribution in [2.24, 2.45) is 7.05 Å². The van der Waals surface area contributed by atoms with Crippen molar-refractivity contribution < 1.29 is 28.7 Å². The van der Waals surface area contributed by atoms with Gasteiger partial charge in [0.2, 0.25) is 11.8 Å². The summed E-state index contributed by atoms with van der Waals surface area (Å²) < 4.78 is 12.6. The topological polar surface area (TPSA) is 135 Å². The fourth-order valence-corrected chi connectivity index (χ4v) is 5.50. The van der Waals surface area contributed by atoms with Gasteiger partial charge in [0, 0.05) is 69.1 Å². The smallest absolute Gasteiger partial charge is 0.272 e. The summed E-state index contributed by atoms with van der Waals surface area (Å²) >= 11 is 6.02. The Labute approximate surface area is 250 Å². The third-order valence-corrected chi connectivity index (χ3v) is 7.74. The molecule has 1 aromatic carbocycles. The number of hydrogen-bond donors (Lipinski definition) is 2. The van der Waals surface area contributed by atoms with E-state index >= 15 is 0 Å². The molecule has 4 amide bonds. The molecule has 2 bridgehead atoms. The Morgan fingerprint density at radius 2 is 1.98 bits per heavy atom. The van der Waals surface area contributed by atoms with Gasteiger partial charge in [-0.25, -0.2) is 0 Å². The molecule has 0 spiro atoms. The van der Waals surface area contributed by atoms with Crippen LogP contribution >= 0.6 is 11.6 Å². The second kappa shape index (κ2) is 15.0. The van der Waals surface area contributed by atoms with Crippen LogP contribution in [0, 0.1) is 0 Å². The van der Waals surface area contributed by atoms with Gasteiger partial charge < -0.3 is 29.9 Å². The number of amides is 4. The molecule has 228 valence electrons. The van der Waals surface area contributed by atoms with Crippen LogP contribution in [0.25, 0.3) is 0 Å². The number of carbonyl (C=O) groups excluding carboxylic acids is 4. The third-order valence-electron chi connectivity index (χ3n) is 7.51. The summed E-state index contributed by atoms with van der Waals surface area (Å²) in [5.74, 6) is -0.493. The standard InChI is InChI=1S/C29H39ClN6O6/c1-34-24-10-9-21-17-23(24)28(33-34)29(40)31-11-5-13-35(27(39)19-42-22-7-3-6-20(30)16-22)12-4-8-26(38)36(14-15-41-2)18-25(37)32-21/h3,6-7,16,21H,4-5,8-15,17-19H2,1-2H3,(H,31,40)(H,32,37). The molecule has 1 unspecified atom stereocenters. The molecule has 0 saturated heterocycles. The van der Waals surface area contributed by atoms with Crippen LogP contribution in [0.2, 0.25) is 5.02 Å². The Morgan fingerprint density at radius 1 is 1.17 bits per heavy atom. The van der Waals surface area contributed by atoms with Crippen molar-refractivity contribution in [3.8, 4) is 5.75 Å². The molecule has 42 heavy (non-hydrogen) atoms. The molecule has 1 atom stereocenters. The zero-order chi connectivity index (χ0) is 30.1. The molecule has 2 heterocycles. The van der Waals surface area contributed by atoms with E-state index in [4.69, 9.17) is 21.1 Å². The number of benzene rings is 1. The van der Waals surface area contributed by atoms with Gasteiger partial charge in [-0.2, -0.15) is 5.10 Å². The molecular weight excluding hydrogens is 564 g/mol. The lowest BCUT2D eigenvalue weighted by atomic mass is 9.91. The molecule has 4 rings (SSSR count). The number of nitrogens with zero attached hydrogens (tertiary/aromatic N) is 4. The second-order valence-corrected chi connectivity index (χ2v) is 11.0. The number of carbonyl (C=O) groups is 4. The number of nitrogens with one attached hydrogen (secondary N) is 2. The Hall–Kier alpha value is -3.64. The number of fused-ring (bicyclic) bond motifs is 1. The van der Waals surface area contributed by atoms with Crippen molar-refractivity contribution in [2.45, 2.75) is 44.6 Å². The van der Waals surface area contributed by atoms with Gasteiger partial charge in [-0.15, -0.1) is 0 Å². The van der Waals surface area contributed by atoms with Gasteiger partial charge in [0.1, 0.15) is 5.75 Å². The predicted molar refractivity (Wildman–Crippen MR) is 155 cm³/mol. The summed E-state index contributed by atoms with van der Waals surface area (Å²) in [5.41, 5.74) is 2.16. The molecule has 1 aliphatic heterocycles. The summed E-state index contributed by atoms with van der Waals surface area (Å²) in [4.78, 5) is 55.5. The number of methoxy groups -OCH3 is 1. The Morgan fingerprint density at radius 3 is 2.76 bits per heavy atom. The summed E-state index contributed by atoms with van der Waals surface area (Å²) in [6, 6.07) is 6.64. The van der Waals surface area contributed by atoms with Gasteiger partial charge in [-0.3, -0.25) is 23.9 Å². The largest absolute Gasteiger partial charge is 0.484 e. The van der Waals surface area contributed by atoms with E-state index < -0.39 is 0 Å². The van der Waals surface area contributed by atoms with E-state index in [1.165, 1.54) is 4.90 Å². The Balaban J connectivity index is 1.49. The molecule has 0 saturated carbocycles. The van der Waals surface area contributed by atoms with Crippen molar-refractivity contribution in [3.63, 3.8) is 0 Å². The lowest BCUT2D eigenvalue weighted by Crippen LogP contribution is -2.47. The highest BCUT2D eigenvalue weighted by Gasteiger charge is 2.30. The van der Waals surface area contributed by atoms with Crippen molar-refractivity contribution in [1.82, 2.24) is 30.2 Å². The van der Waals surface area contributed by atoms with Crippen LogP contribution < -0.4 is 15.4 Å². The van der Waals surface area contributed by atoms with E-state index in [0.717, 1.165) is 17.7 Å². The third kappa shape index (κ3) is 8.45. The minimum absolute atomic E-state index is 0.0952. The first-order chi connectivity index (χ1) is 20.2. The van der Waals surface area contributed by atoms with E-state index in [1.807, 2.05) is 7.05 Å². The minimum atomic E-state index is -0.279. The Kier molecular flexibility index (Phi) is 11.2. The molecule has 0 fully saturated rings. The first-order valence-electron chi connectivity index (χ1n) is 14.3. The van der Waals surface area contributed by atoms with Gasteiger partial charge >= 0.3 is 0 Å². The number of ether oxygens (including phenoxy) is 2. The molecule has 2 aliphatic rings. The zero-order valence-corrected chi connectivity index (χ0v) is 25.0. The highest BCUT2D eigenvalue weighted by Crippen LogP contribution is 2.24. The van der Waals surface area contributed by atoms with Crippen molar-refractivity contribution in [1.29, 1.82) is 0 Å². The fraction of sp³-hybridized carbons (Fsp3) is 0.552. The normalized spacial score (nSPS) is 19.0. The maximum Gasteiger partial charge on any atom is 0.272 e. The van der Waals surface area contributed by atoms with Gasteiger partial charge in [0.05, 0.1) is 13.2 Å². The van der Waals surface area contributed by atoms with E-state index in [1.54, 1.807) is 41.0 Å². The van der Waals surface area contributed by atoms with Gasteiger partial charge in [-0.05, 0) is 50.3 Å². The summed E-state index contributed by atoms with van der Waals surface area (Å²) in [7, 11) is 3.36. The monoisotopic (exact) mass is 602 g/mol. The Bertz CT molecular complexity index is 1280. The molecule has 13 heteroatoms. The van der Waals surface area contributed by atoms with Crippen LogP contribution in [-0.4, -0.2) is 102 Å². The van der Waals surface area contributed by atoms with E-state index in [9.17, 15) is 19.2 Å². The second-order valence-electron chi connectivity index (χ2n) is 10.6. The van der Waals surface area contributed by atoms with Gasteiger partial charge in [-0.1, -0.05) is 17.7 Å². The van der Waals surface area contributed by atoms with Crippen molar-refractivity contribution in [3.05, 3.63) is 46.2 Å².